The Labute approximate surface area is 165 Å². The number of aromatic hydroxyl groups is 1. The van der Waals surface area contributed by atoms with Gasteiger partial charge in [-0.15, -0.1) is 11.8 Å². The Bertz CT molecular complexity index is 746. The molecule has 0 bridgehead atoms. The Hall–Kier alpha value is -1.02. The fraction of sp³-hybridized carbons (Fsp3) is 0.125. The van der Waals surface area contributed by atoms with Crippen molar-refractivity contribution >= 4 is 67.3 Å². The van der Waals surface area contributed by atoms with Crippen LogP contribution in [0.15, 0.2) is 55.3 Å². The van der Waals surface area contributed by atoms with E-state index >= 15 is 0 Å². The third kappa shape index (κ3) is 5.51. The maximum absolute atomic E-state index is 12.1. The van der Waals surface area contributed by atoms with Crippen molar-refractivity contribution in [1.82, 2.24) is 5.43 Å². The molecule has 24 heavy (non-hydrogen) atoms. The molecule has 2 N–H and O–H groups in total. The van der Waals surface area contributed by atoms with Crippen LogP contribution in [0.1, 0.15) is 12.5 Å². The minimum atomic E-state index is -0.304. The van der Waals surface area contributed by atoms with Gasteiger partial charge in [0, 0.05) is 9.92 Å². The van der Waals surface area contributed by atoms with Crippen molar-refractivity contribution < 1.29 is 9.90 Å². The second-order valence-corrected chi connectivity index (χ2v) is 8.34. The normalized spacial score (nSPS) is 12.3. The van der Waals surface area contributed by atoms with Crippen LogP contribution in [0, 0.1) is 0 Å². The van der Waals surface area contributed by atoms with Crippen molar-refractivity contribution in [1.29, 1.82) is 0 Å². The van der Waals surface area contributed by atoms with Crippen molar-refractivity contribution in [2.45, 2.75) is 17.1 Å². The molecule has 0 aliphatic heterocycles. The lowest BCUT2D eigenvalue weighted by molar-refractivity contribution is -0.120. The largest absolute Gasteiger partial charge is 0.506 e. The molecule has 0 saturated carbocycles. The number of carbonyl (C=O) groups excluding carboxylic acids is 1. The average molecular weight is 493 g/mol. The predicted octanol–water partition coefficient (Wildman–Crippen LogP) is 5.20. The molecule has 126 valence electrons. The zero-order valence-electron chi connectivity index (χ0n) is 12.5. The molecule has 1 amide bonds. The summed E-state index contributed by atoms with van der Waals surface area (Å²) in [5, 5.41) is 14.0. The molecule has 1 atom stereocenters. The summed E-state index contributed by atoms with van der Waals surface area (Å²) in [4.78, 5) is 13.0. The minimum Gasteiger partial charge on any atom is -0.506 e. The van der Waals surface area contributed by atoms with Crippen LogP contribution < -0.4 is 5.43 Å². The number of carbonyl (C=O) groups is 1. The Morgan fingerprint density at radius 3 is 2.46 bits per heavy atom. The second-order valence-electron chi connectivity index (χ2n) is 4.78. The van der Waals surface area contributed by atoms with E-state index in [1.807, 2.05) is 12.1 Å². The molecule has 0 saturated heterocycles. The van der Waals surface area contributed by atoms with E-state index in [0.717, 1.165) is 10.5 Å². The van der Waals surface area contributed by atoms with E-state index in [1.165, 1.54) is 18.0 Å². The molecule has 0 heterocycles. The first-order chi connectivity index (χ1) is 11.4. The number of halogens is 3. The number of amides is 1. The summed E-state index contributed by atoms with van der Waals surface area (Å²) in [6.45, 7) is 1.80. The summed E-state index contributed by atoms with van der Waals surface area (Å²) in [7, 11) is 0. The Balaban J connectivity index is 1.93. The number of phenolic OH excluding ortho intramolecular Hbond substituents is 1. The molecule has 1 unspecified atom stereocenters. The average Bonchev–Trinajstić information content (AvgIpc) is 2.54. The molecule has 0 spiro atoms. The number of hydrazone groups is 1. The van der Waals surface area contributed by atoms with Gasteiger partial charge in [0.1, 0.15) is 5.75 Å². The number of hydrogen-bond acceptors (Lipinski definition) is 4. The predicted molar refractivity (Wildman–Crippen MR) is 106 cm³/mol. The van der Waals surface area contributed by atoms with Crippen molar-refractivity contribution in [2.24, 2.45) is 5.10 Å². The molecular formula is C16H13Br2ClN2O2S. The molecule has 0 fully saturated rings. The molecule has 0 radical (unpaired) electrons. The van der Waals surface area contributed by atoms with Crippen LogP contribution >= 0.6 is 55.2 Å². The molecule has 0 aromatic heterocycles. The summed E-state index contributed by atoms with van der Waals surface area (Å²) in [6, 6.07) is 10.7. The van der Waals surface area contributed by atoms with Crippen LogP contribution in [0.5, 0.6) is 5.75 Å². The van der Waals surface area contributed by atoms with Gasteiger partial charge < -0.3 is 5.11 Å². The lowest BCUT2D eigenvalue weighted by Crippen LogP contribution is -2.26. The van der Waals surface area contributed by atoms with Crippen molar-refractivity contribution in [3.8, 4) is 5.75 Å². The number of nitrogens with zero attached hydrogens (tertiary/aromatic N) is 1. The lowest BCUT2D eigenvalue weighted by atomic mass is 10.2. The van der Waals surface area contributed by atoms with Crippen LogP contribution in [0.3, 0.4) is 0 Å². The number of phenols is 1. The van der Waals surface area contributed by atoms with Gasteiger partial charge in [0.2, 0.25) is 0 Å². The monoisotopic (exact) mass is 490 g/mol. The van der Waals surface area contributed by atoms with Gasteiger partial charge in [-0.1, -0.05) is 11.6 Å². The smallest absolute Gasteiger partial charge is 0.253 e. The molecule has 0 aliphatic rings. The van der Waals surface area contributed by atoms with Gasteiger partial charge >= 0.3 is 0 Å². The first-order valence-electron chi connectivity index (χ1n) is 6.80. The van der Waals surface area contributed by atoms with E-state index in [0.29, 0.717) is 14.0 Å². The van der Waals surface area contributed by atoms with Crippen LogP contribution in [0.4, 0.5) is 0 Å². The Morgan fingerprint density at radius 2 is 1.88 bits per heavy atom. The summed E-state index contributed by atoms with van der Waals surface area (Å²) in [6.07, 6.45) is 1.51. The number of nitrogens with one attached hydrogen (secondary N) is 1. The topological polar surface area (TPSA) is 61.7 Å². The van der Waals surface area contributed by atoms with Gasteiger partial charge in [-0.3, -0.25) is 4.79 Å². The first-order valence-corrected chi connectivity index (χ1v) is 9.64. The quantitative estimate of drug-likeness (QED) is 0.343. The molecule has 0 aliphatic carbocycles. The lowest BCUT2D eigenvalue weighted by Gasteiger charge is -2.09. The molecule has 4 nitrogen and oxygen atoms in total. The standard InChI is InChI=1S/C16H13Br2ClN2O2S/c1-9(24-12-4-2-11(19)3-5-12)16(23)21-20-8-10-6-13(17)15(22)14(18)7-10/h2-9,22H,1H3,(H,21,23)/b20-8+. The Kier molecular flexibility index (Phi) is 7.16. The van der Waals surface area contributed by atoms with Crippen molar-refractivity contribution in [3.63, 3.8) is 0 Å². The molecule has 2 rings (SSSR count). The minimum absolute atomic E-state index is 0.115. The summed E-state index contributed by atoms with van der Waals surface area (Å²) in [5.41, 5.74) is 3.23. The van der Waals surface area contributed by atoms with Gasteiger partial charge in [-0.25, -0.2) is 5.43 Å². The van der Waals surface area contributed by atoms with Crippen molar-refractivity contribution in [2.75, 3.05) is 0 Å². The summed E-state index contributed by atoms with van der Waals surface area (Å²) < 4.78 is 1.08. The molecule has 8 heteroatoms. The summed E-state index contributed by atoms with van der Waals surface area (Å²) >= 11 is 13.7. The third-order valence-electron chi connectivity index (χ3n) is 2.92. The van der Waals surface area contributed by atoms with E-state index in [4.69, 9.17) is 11.6 Å². The van der Waals surface area contributed by atoms with Gasteiger partial charge in [0.05, 0.1) is 20.4 Å². The summed E-state index contributed by atoms with van der Waals surface area (Å²) in [5.74, 6) is -0.0905. The zero-order valence-corrected chi connectivity index (χ0v) is 17.2. The number of benzene rings is 2. The maximum atomic E-state index is 12.1. The molecule has 2 aromatic carbocycles. The van der Waals surface area contributed by atoms with E-state index < -0.39 is 0 Å². The first kappa shape index (κ1) is 19.3. The Morgan fingerprint density at radius 1 is 1.29 bits per heavy atom. The maximum Gasteiger partial charge on any atom is 0.253 e. The number of hydrogen-bond donors (Lipinski definition) is 2. The van der Waals surface area contributed by atoms with E-state index in [-0.39, 0.29) is 16.9 Å². The van der Waals surface area contributed by atoms with E-state index in [2.05, 4.69) is 42.4 Å². The highest BCUT2D eigenvalue weighted by Crippen LogP contribution is 2.32. The highest BCUT2D eigenvalue weighted by atomic mass is 79.9. The van der Waals surface area contributed by atoms with Crippen LogP contribution in [-0.4, -0.2) is 22.5 Å². The van der Waals surface area contributed by atoms with Crippen molar-refractivity contribution in [3.05, 3.63) is 55.9 Å². The fourth-order valence-electron chi connectivity index (χ4n) is 1.69. The van der Waals surface area contributed by atoms with Gasteiger partial charge in [-0.05, 0) is 80.7 Å². The zero-order chi connectivity index (χ0) is 17.7. The molecular weight excluding hydrogens is 480 g/mol. The highest BCUT2D eigenvalue weighted by molar-refractivity contribution is 9.11. The van der Waals surface area contributed by atoms with Gasteiger partial charge in [0.25, 0.3) is 5.91 Å². The van der Waals surface area contributed by atoms with E-state index in [9.17, 15) is 9.90 Å². The van der Waals surface area contributed by atoms with Gasteiger partial charge in [0.15, 0.2) is 0 Å². The van der Waals surface area contributed by atoms with Crippen LogP contribution in [0.2, 0.25) is 5.02 Å². The highest BCUT2D eigenvalue weighted by Gasteiger charge is 2.13. The molecule has 2 aromatic rings. The number of rotatable bonds is 5. The van der Waals surface area contributed by atoms with Crippen LogP contribution in [-0.2, 0) is 4.79 Å². The van der Waals surface area contributed by atoms with Crippen LogP contribution in [0.25, 0.3) is 0 Å². The SMILES string of the molecule is CC(Sc1ccc(Cl)cc1)C(=O)N/N=C/c1cc(Br)c(O)c(Br)c1. The van der Waals surface area contributed by atoms with E-state index in [1.54, 1.807) is 31.2 Å². The fourth-order valence-corrected chi connectivity index (χ4v) is 3.90. The second kappa shape index (κ2) is 8.89. The van der Waals surface area contributed by atoms with Gasteiger partial charge in [-0.2, -0.15) is 5.10 Å². The third-order valence-corrected chi connectivity index (χ3v) is 5.50. The number of thioether (sulfide) groups is 1.